The summed E-state index contributed by atoms with van der Waals surface area (Å²) >= 11 is 0. The van der Waals surface area contributed by atoms with E-state index in [4.69, 9.17) is 14.7 Å². The summed E-state index contributed by atoms with van der Waals surface area (Å²) in [5.74, 6) is -1.14. The summed E-state index contributed by atoms with van der Waals surface area (Å²) < 4.78 is 38.1. The van der Waals surface area contributed by atoms with Gasteiger partial charge in [-0.25, -0.2) is 13.2 Å². The molecule has 0 spiro atoms. The molecule has 3 aromatic rings. The predicted molar refractivity (Wildman–Crippen MR) is 129 cm³/mol. The minimum absolute atomic E-state index is 0.0375. The number of nitriles is 1. The van der Waals surface area contributed by atoms with Gasteiger partial charge in [0.2, 0.25) is 9.84 Å². The van der Waals surface area contributed by atoms with Crippen molar-refractivity contribution in [1.82, 2.24) is 0 Å². The lowest BCUT2D eigenvalue weighted by Gasteiger charge is -2.23. The highest BCUT2D eigenvalue weighted by Crippen LogP contribution is 2.38. The molecule has 0 bridgehead atoms. The fraction of sp³-hybridized carbons (Fsp3) is 0.222. The standard InChI is InChI=1S/C27H22N2O6S/c28-15-18-7-9-19(10-8-18)16-29-23-14-20(27(31)35-17-21-4-3-13-34-21)11-12-25(23)36(32,33)24-6-2-1-5-22(24)26(29)30/h1-2,5-12,14,21H,3-4,13,16-17H2. The Labute approximate surface area is 208 Å². The maximum atomic E-state index is 13.7. The SMILES string of the molecule is N#Cc1ccc(CN2C(=O)c3ccccc3S(=O)(=O)c3ccc(C(=O)OCC4CCCO4)cc32)cc1. The zero-order chi connectivity index (χ0) is 25.3. The molecule has 1 unspecified atom stereocenters. The summed E-state index contributed by atoms with van der Waals surface area (Å²) in [6.45, 7) is 0.773. The van der Waals surface area contributed by atoms with Gasteiger partial charge in [-0.1, -0.05) is 24.3 Å². The van der Waals surface area contributed by atoms with Crippen molar-refractivity contribution in [2.75, 3.05) is 18.1 Å². The second-order valence-corrected chi connectivity index (χ2v) is 10.5. The van der Waals surface area contributed by atoms with E-state index in [0.29, 0.717) is 17.7 Å². The number of rotatable bonds is 5. The molecule has 1 amide bonds. The maximum absolute atomic E-state index is 13.7. The quantitative estimate of drug-likeness (QED) is 0.486. The molecule has 0 radical (unpaired) electrons. The summed E-state index contributed by atoms with van der Waals surface area (Å²) in [6.07, 6.45) is 1.56. The van der Waals surface area contributed by atoms with Gasteiger partial charge in [0.15, 0.2) is 0 Å². The van der Waals surface area contributed by atoms with Gasteiger partial charge >= 0.3 is 5.97 Å². The van der Waals surface area contributed by atoms with Crippen LogP contribution >= 0.6 is 0 Å². The van der Waals surface area contributed by atoms with Crippen LogP contribution in [0.1, 0.15) is 44.7 Å². The minimum atomic E-state index is -4.05. The van der Waals surface area contributed by atoms with E-state index in [1.165, 1.54) is 35.2 Å². The number of anilines is 1. The van der Waals surface area contributed by atoms with Gasteiger partial charge in [0.05, 0.1) is 50.9 Å². The molecule has 1 fully saturated rings. The maximum Gasteiger partial charge on any atom is 0.338 e. The second-order valence-electron chi connectivity index (χ2n) is 8.62. The number of nitrogens with zero attached hydrogens (tertiary/aromatic N) is 2. The van der Waals surface area contributed by atoms with E-state index in [0.717, 1.165) is 12.8 Å². The van der Waals surface area contributed by atoms with E-state index in [9.17, 15) is 18.0 Å². The Morgan fingerprint density at radius 2 is 1.86 bits per heavy atom. The zero-order valence-electron chi connectivity index (χ0n) is 19.2. The van der Waals surface area contributed by atoms with E-state index in [-0.39, 0.29) is 45.9 Å². The smallest absolute Gasteiger partial charge is 0.338 e. The predicted octanol–water partition coefficient (Wildman–Crippen LogP) is 3.89. The number of ether oxygens (including phenoxy) is 2. The Hall–Kier alpha value is -4.00. The fourth-order valence-electron chi connectivity index (χ4n) is 4.39. The van der Waals surface area contributed by atoms with Crippen molar-refractivity contribution in [3.05, 3.63) is 89.0 Å². The van der Waals surface area contributed by atoms with Crippen molar-refractivity contribution >= 4 is 27.4 Å². The number of fused-ring (bicyclic) bond motifs is 2. The van der Waals surface area contributed by atoms with Crippen molar-refractivity contribution in [1.29, 1.82) is 5.26 Å². The normalized spacial score (nSPS) is 18.0. The first-order valence-corrected chi connectivity index (χ1v) is 12.9. The van der Waals surface area contributed by atoms with Gasteiger partial charge in [-0.2, -0.15) is 5.26 Å². The van der Waals surface area contributed by atoms with Crippen molar-refractivity contribution in [3.63, 3.8) is 0 Å². The molecule has 0 aromatic heterocycles. The number of carbonyl (C=O) groups excluding carboxylic acids is 2. The molecule has 0 aliphatic carbocycles. The van der Waals surface area contributed by atoms with E-state index in [1.54, 1.807) is 36.4 Å². The third-order valence-corrected chi connectivity index (χ3v) is 8.13. The van der Waals surface area contributed by atoms with Crippen LogP contribution in [-0.2, 0) is 25.9 Å². The fourth-order valence-corrected chi connectivity index (χ4v) is 6.02. The summed E-state index contributed by atoms with van der Waals surface area (Å²) in [7, 11) is -4.05. The third-order valence-electron chi connectivity index (χ3n) is 6.28. The van der Waals surface area contributed by atoms with Crippen molar-refractivity contribution in [2.45, 2.75) is 35.3 Å². The molecule has 36 heavy (non-hydrogen) atoms. The molecule has 8 nitrogen and oxygen atoms in total. The number of sulfone groups is 1. The van der Waals surface area contributed by atoms with E-state index in [2.05, 4.69) is 0 Å². The van der Waals surface area contributed by atoms with Crippen LogP contribution in [0.15, 0.2) is 76.5 Å². The van der Waals surface area contributed by atoms with Crippen LogP contribution in [0.3, 0.4) is 0 Å². The lowest BCUT2D eigenvalue weighted by atomic mass is 10.1. The highest BCUT2D eigenvalue weighted by molar-refractivity contribution is 7.91. The molecule has 2 aliphatic heterocycles. The molecule has 5 rings (SSSR count). The number of hydrogen-bond acceptors (Lipinski definition) is 7. The molecule has 1 saturated heterocycles. The van der Waals surface area contributed by atoms with E-state index < -0.39 is 21.7 Å². The lowest BCUT2D eigenvalue weighted by Crippen LogP contribution is -2.30. The Kier molecular flexibility index (Phi) is 6.31. The van der Waals surface area contributed by atoms with Gasteiger partial charge in [-0.3, -0.25) is 4.79 Å². The summed E-state index contributed by atoms with van der Waals surface area (Å²) in [4.78, 5) is 27.7. The number of carbonyl (C=O) groups is 2. The number of esters is 1. The highest BCUT2D eigenvalue weighted by Gasteiger charge is 2.36. The van der Waals surface area contributed by atoms with Crippen molar-refractivity contribution < 1.29 is 27.5 Å². The topological polar surface area (TPSA) is 114 Å². The van der Waals surface area contributed by atoms with Gasteiger partial charge in [0, 0.05) is 6.61 Å². The van der Waals surface area contributed by atoms with Crippen molar-refractivity contribution in [3.8, 4) is 6.07 Å². The van der Waals surface area contributed by atoms with Gasteiger partial charge in [0.25, 0.3) is 5.91 Å². The van der Waals surface area contributed by atoms with Crippen LogP contribution in [0, 0.1) is 11.3 Å². The minimum Gasteiger partial charge on any atom is -0.459 e. The molecule has 2 heterocycles. The average molecular weight is 503 g/mol. The van der Waals surface area contributed by atoms with Crippen LogP contribution in [-0.4, -0.2) is 39.6 Å². The largest absolute Gasteiger partial charge is 0.459 e. The number of hydrogen-bond donors (Lipinski definition) is 0. The first-order valence-electron chi connectivity index (χ1n) is 11.5. The first kappa shape index (κ1) is 23.7. The zero-order valence-corrected chi connectivity index (χ0v) is 20.0. The summed E-state index contributed by atoms with van der Waals surface area (Å²) in [6, 6.07) is 18.9. The molecular formula is C27H22N2O6S. The molecule has 2 aliphatic rings. The molecular weight excluding hydrogens is 480 g/mol. The first-order chi connectivity index (χ1) is 17.4. The van der Waals surface area contributed by atoms with Crippen LogP contribution in [0.2, 0.25) is 0 Å². The summed E-state index contributed by atoms with van der Waals surface area (Å²) in [5.41, 5.74) is 1.42. The number of benzene rings is 3. The molecule has 0 N–H and O–H groups in total. The third kappa shape index (κ3) is 4.37. The molecule has 0 saturated carbocycles. The Morgan fingerprint density at radius 1 is 1.08 bits per heavy atom. The van der Waals surface area contributed by atoms with Crippen LogP contribution in [0.25, 0.3) is 0 Å². The Balaban J connectivity index is 1.57. The Bertz CT molecular complexity index is 1490. The highest BCUT2D eigenvalue weighted by atomic mass is 32.2. The second kappa shape index (κ2) is 9.57. The molecule has 182 valence electrons. The van der Waals surface area contributed by atoms with Gasteiger partial charge in [-0.15, -0.1) is 0 Å². The van der Waals surface area contributed by atoms with E-state index in [1.807, 2.05) is 6.07 Å². The molecule has 9 heteroatoms. The van der Waals surface area contributed by atoms with Gasteiger partial charge in [0.1, 0.15) is 6.61 Å². The van der Waals surface area contributed by atoms with Crippen LogP contribution < -0.4 is 4.90 Å². The van der Waals surface area contributed by atoms with Crippen molar-refractivity contribution in [2.24, 2.45) is 0 Å². The Morgan fingerprint density at radius 3 is 2.58 bits per heavy atom. The van der Waals surface area contributed by atoms with Gasteiger partial charge in [-0.05, 0) is 60.9 Å². The number of amides is 1. The molecule has 1 atom stereocenters. The average Bonchev–Trinajstić information content (AvgIpc) is 3.42. The molecule has 3 aromatic carbocycles. The van der Waals surface area contributed by atoms with Crippen LogP contribution in [0.5, 0.6) is 0 Å². The van der Waals surface area contributed by atoms with Crippen LogP contribution in [0.4, 0.5) is 5.69 Å². The lowest BCUT2D eigenvalue weighted by molar-refractivity contribution is 0.0161. The van der Waals surface area contributed by atoms with Gasteiger partial charge < -0.3 is 14.4 Å². The monoisotopic (exact) mass is 502 g/mol. The summed E-state index contributed by atoms with van der Waals surface area (Å²) in [5, 5.41) is 9.09. The van der Waals surface area contributed by atoms with E-state index >= 15 is 0 Å².